The summed E-state index contributed by atoms with van der Waals surface area (Å²) in [6, 6.07) is 9.12. The van der Waals surface area contributed by atoms with Gasteiger partial charge in [0.25, 0.3) is 0 Å². The van der Waals surface area contributed by atoms with Gasteiger partial charge in [-0.3, -0.25) is 0 Å². The lowest BCUT2D eigenvalue weighted by molar-refractivity contribution is 0.101. The Kier molecular flexibility index (Phi) is 6.72. The van der Waals surface area contributed by atoms with Crippen LogP contribution in [-0.4, -0.2) is 50.9 Å². The zero-order valence-electron chi connectivity index (χ0n) is 16.8. The lowest BCUT2D eigenvalue weighted by Gasteiger charge is -2.28. The summed E-state index contributed by atoms with van der Waals surface area (Å²) in [4.78, 5) is 13.9. The van der Waals surface area contributed by atoms with Crippen molar-refractivity contribution < 1.29 is 26.7 Å². The van der Waals surface area contributed by atoms with Gasteiger partial charge in [0, 0.05) is 18.2 Å². The van der Waals surface area contributed by atoms with Crippen LogP contribution in [0.5, 0.6) is 0 Å². The summed E-state index contributed by atoms with van der Waals surface area (Å²) >= 11 is 0. The van der Waals surface area contributed by atoms with Crippen molar-refractivity contribution in [2.75, 3.05) is 19.4 Å². The topological polar surface area (TPSA) is 75.7 Å². The summed E-state index contributed by atoms with van der Waals surface area (Å²) in [7, 11) is -3.49. The van der Waals surface area contributed by atoms with E-state index < -0.39 is 39.8 Å². The van der Waals surface area contributed by atoms with Crippen molar-refractivity contribution in [3.63, 3.8) is 0 Å². The first-order valence-corrected chi connectivity index (χ1v) is 11.5. The average Bonchev–Trinajstić information content (AvgIpc) is 3.04. The maximum atomic E-state index is 14.4. The zero-order chi connectivity index (χ0) is 21.9. The van der Waals surface area contributed by atoms with Gasteiger partial charge in [-0.1, -0.05) is 18.2 Å². The Balaban J connectivity index is 1.91. The van der Waals surface area contributed by atoms with Crippen LogP contribution in [0.3, 0.4) is 0 Å². The molecule has 2 atom stereocenters. The lowest BCUT2D eigenvalue weighted by atomic mass is 9.96. The average molecular weight is 438 g/mol. The highest BCUT2D eigenvalue weighted by Crippen LogP contribution is 2.28. The van der Waals surface area contributed by atoms with Gasteiger partial charge in [0.2, 0.25) is 10.0 Å². The molecule has 2 aromatic carbocycles. The molecule has 3 rings (SSSR count). The Morgan fingerprint density at radius 2 is 2.00 bits per heavy atom. The van der Waals surface area contributed by atoms with Crippen LogP contribution in [0.15, 0.2) is 42.5 Å². The smallest absolute Gasteiger partial charge is 0.410 e. The molecule has 0 saturated carbocycles. The summed E-state index contributed by atoms with van der Waals surface area (Å²) in [6.07, 6.45) is 1.27. The minimum Gasteiger partial charge on any atom is -0.450 e. The van der Waals surface area contributed by atoms with E-state index in [1.165, 1.54) is 29.2 Å². The number of nitrogens with one attached hydrogen (secondary N) is 1. The van der Waals surface area contributed by atoms with E-state index in [4.69, 9.17) is 4.74 Å². The van der Waals surface area contributed by atoms with Crippen molar-refractivity contribution in [2.45, 2.75) is 31.8 Å². The first-order valence-electron chi connectivity index (χ1n) is 9.63. The van der Waals surface area contributed by atoms with Crippen LogP contribution in [0.2, 0.25) is 0 Å². The Morgan fingerprint density at radius 1 is 1.23 bits per heavy atom. The normalized spacial score (nSPS) is 19.1. The molecule has 0 unspecified atom stereocenters. The van der Waals surface area contributed by atoms with E-state index in [1.54, 1.807) is 25.1 Å². The second-order valence-corrected chi connectivity index (χ2v) is 9.05. The summed E-state index contributed by atoms with van der Waals surface area (Å²) < 4.78 is 59.2. The molecule has 162 valence electrons. The number of hydrogen-bond donors (Lipinski definition) is 1. The van der Waals surface area contributed by atoms with E-state index in [2.05, 4.69) is 4.72 Å². The highest BCUT2D eigenvalue weighted by molar-refractivity contribution is 7.88. The number of likely N-dealkylation sites (tertiary alicyclic amines) is 1. The van der Waals surface area contributed by atoms with Crippen LogP contribution >= 0.6 is 0 Å². The Hall–Kier alpha value is -2.52. The monoisotopic (exact) mass is 438 g/mol. The van der Waals surface area contributed by atoms with Gasteiger partial charge in [-0.2, -0.15) is 0 Å². The van der Waals surface area contributed by atoms with Crippen LogP contribution in [0.25, 0.3) is 11.1 Å². The fourth-order valence-corrected chi connectivity index (χ4v) is 4.59. The third-order valence-electron chi connectivity index (χ3n) is 5.02. The second kappa shape index (κ2) is 9.09. The number of hydrogen-bond acceptors (Lipinski definition) is 4. The van der Waals surface area contributed by atoms with Crippen molar-refractivity contribution in [2.24, 2.45) is 0 Å². The quantitative estimate of drug-likeness (QED) is 0.751. The molecule has 0 aliphatic carbocycles. The summed E-state index contributed by atoms with van der Waals surface area (Å²) in [6.45, 7) is 2.24. The maximum absolute atomic E-state index is 14.4. The van der Waals surface area contributed by atoms with Crippen LogP contribution in [0, 0.1) is 11.6 Å². The van der Waals surface area contributed by atoms with Crippen LogP contribution < -0.4 is 4.72 Å². The van der Waals surface area contributed by atoms with E-state index in [0.29, 0.717) is 24.1 Å². The van der Waals surface area contributed by atoms with Gasteiger partial charge in [-0.15, -0.1) is 0 Å². The third-order valence-corrected chi connectivity index (χ3v) is 5.76. The van der Waals surface area contributed by atoms with E-state index >= 15 is 0 Å². The van der Waals surface area contributed by atoms with Crippen molar-refractivity contribution in [3.05, 3.63) is 59.7 Å². The lowest BCUT2D eigenvalue weighted by Crippen LogP contribution is -2.47. The molecular formula is C21H24F2N2O4S. The molecule has 1 amide bonds. The van der Waals surface area contributed by atoms with E-state index in [0.717, 1.165) is 6.26 Å². The summed E-state index contributed by atoms with van der Waals surface area (Å²) in [5, 5.41) is 0. The van der Waals surface area contributed by atoms with Gasteiger partial charge in [-0.05, 0) is 55.2 Å². The third kappa shape index (κ3) is 5.34. The van der Waals surface area contributed by atoms with Gasteiger partial charge < -0.3 is 9.64 Å². The van der Waals surface area contributed by atoms with Crippen LogP contribution in [-0.2, 0) is 21.2 Å². The van der Waals surface area contributed by atoms with Crippen molar-refractivity contribution in [1.82, 2.24) is 9.62 Å². The Bertz CT molecular complexity index is 1030. The van der Waals surface area contributed by atoms with E-state index in [9.17, 15) is 22.0 Å². The largest absolute Gasteiger partial charge is 0.450 e. The van der Waals surface area contributed by atoms with Gasteiger partial charge in [0.05, 0.1) is 18.9 Å². The maximum Gasteiger partial charge on any atom is 0.410 e. The van der Waals surface area contributed by atoms with Gasteiger partial charge in [0.1, 0.15) is 11.6 Å². The molecular weight excluding hydrogens is 414 g/mol. The Labute approximate surface area is 174 Å². The molecule has 0 bridgehead atoms. The number of benzene rings is 2. The predicted octanol–water partition coefficient (Wildman–Crippen LogP) is 3.32. The molecule has 1 N–H and O–H groups in total. The zero-order valence-corrected chi connectivity index (χ0v) is 17.6. The molecule has 2 aromatic rings. The van der Waals surface area contributed by atoms with Crippen LogP contribution in [0.4, 0.5) is 13.6 Å². The highest BCUT2D eigenvalue weighted by Gasteiger charge is 2.39. The summed E-state index contributed by atoms with van der Waals surface area (Å²) in [5.41, 5.74) is 1.33. The van der Waals surface area contributed by atoms with E-state index in [-0.39, 0.29) is 18.6 Å². The number of carbonyl (C=O) groups excluding carboxylic acids is 1. The molecule has 30 heavy (non-hydrogen) atoms. The summed E-state index contributed by atoms with van der Waals surface area (Å²) in [5.74, 6) is -0.970. The van der Waals surface area contributed by atoms with Crippen molar-refractivity contribution >= 4 is 16.1 Å². The van der Waals surface area contributed by atoms with Gasteiger partial charge in [-0.25, -0.2) is 26.7 Å². The number of halogens is 2. The minimum atomic E-state index is -3.49. The number of rotatable bonds is 6. The molecule has 1 aliphatic heterocycles. The SMILES string of the molecule is CCOC(=O)N1CC[C@H](NS(C)(=O)=O)[C@@H]1Cc1ccc(F)c(-c2cccc(F)c2)c1. The number of amides is 1. The van der Waals surface area contributed by atoms with Crippen molar-refractivity contribution in [1.29, 1.82) is 0 Å². The second-order valence-electron chi connectivity index (χ2n) is 7.27. The molecule has 9 heteroatoms. The molecule has 1 heterocycles. The number of sulfonamides is 1. The van der Waals surface area contributed by atoms with Gasteiger partial charge in [0.15, 0.2) is 0 Å². The fraction of sp³-hybridized carbons (Fsp3) is 0.381. The molecule has 1 aliphatic rings. The number of carbonyl (C=O) groups is 1. The fourth-order valence-electron chi connectivity index (χ4n) is 3.77. The predicted molar refractivity (Wildman–Crippen MR) is 109 cm³/mol. The standard InChI is InChI=1S/C21H24F2N2O4S/c1-3-29-21(26)25-10-9-19(24-30(2,27)28)20(25)12-14-7-8-18(23)17(11-14)15-5-4-6-16(22)13-15/h4-8,11,13,19-20,24H,3,9-10,12H2,1-2H3/t19-,20-/m0/s1. The minimum absolute atomic E-state index is 0.201. The molecule has 1 saturated heterocycles. The molecule has 0 aromatic heterocycles. The highest BCUT2D eigenvalue weighted by atomic mass is 32.2. The van der Waals surface area contributed by atoms with Crippen LogP contribution in [0.1, 0.15) is 18.9 Å². The number of ether oxygens (including phenoxy) is 1. The Morgan fingerprint density at radius 3 is 2.67 bits per heavy atom. The first kappa shape index (κ1) is 22.2. The first-order chi connectivity index (χ1) is 14.2. The molecule has 0 spiro atoms. The molecule has 6 nitrogen and oxygen atoms in total. The molecule has 1 fully saturated rings. The van der Waals surface area contributed by atoms with E-state index in [1.807, 2.05) is 0 Å². The number of nitrogens with zero attached hydrogens (tertiary/aromatic N) is 1. The van der Waals surface area contributed by atoms with Gasteiger partial charge >= 0.3 is 6.09 Å². The molecule has 0 radical (unpaired) electrons. The van der Waals surface area contributed by atoms with Crippen molar-refractivity contribution in [3.8, 4) is 11.1 Å².